The van der Waals surface area contributed by atoms with Gasteiger partial charge in [0.05, 0.1) is 5.92 Å². The van der Waals surface area contributed by atoms with Gasteiger partial charge in [0.2, 0.25) is 0 Å². The van der Waals surface area contributed by atoms with E-state index in [0.717, 1.165) is 0 Å². The Morgan fingerprint density at radius 1 is 1.46 bits per heavy atom. The first kappa shape index (κ1) is 10.6. The lowest BCUT2D eigenvalue weighted by molar-refractivity contribution is -0.117. The van der Waals surface area contributed by atoms with Crippen LogP contribution in [0.15, 0.2) is 22.6 Å². The number of rotatable bonds is 2. The largest absolute Gasteiger partial charge is 0.294 e. The molecule has 1 heterocycles. The summed E-state index contributed by atoms with van der Waals surface area (Å²) in [6.07, 6.45) is 0. The van der Waals surface area contributed by atoms with E-state index >= 15 is 0 Å². The number of hydrogen-bond acceptors (Lipinski definition) is 2. The third-order valence-electron chi connectivity index (χ3n) is 2.56. The van der Waals surface area contributed by atoms with Gasteiger partial charge >= 0.3 is 0 Å². The highest BCUT2D eigenvalue weighted by Gasteiger charge is 2.33. The van der Waals surface area contributed by atoms with Gasteiger partial charge in [0.25, 0.3) is 0 Å². The molecule has 0 aromatic rings. The molecule has 1 aliphatic rings. The zero-order valence-corrected chi connectivity index (χ0v) is 9.49. The van der Waals surface area contributed by atoms with Crippen molar-refractivity contribution in [1.29, 1.82) is 0 Å². The van der Waals surface area contributed by atoms with Crippen molar-refractivity contribution in [3.63, 3.8) is 0 Å². The van der Waals surface area contributed by atoms with E-state index in [1.807, 2.05) is 0 Å². The van der Waals surface area contributed by atoms with Crippen LogP contribution in [0.1, 0.15) is 27.7 Å². The molecule has 0 N–H and O–H groups in total. The zero-order chi connectivity index (χ0) is 10.2. The maximum atomic E-state index is 11.8. The van der Waals surface area contributed by atoms with Crippen molar-refractivity contribution < 1.29 is 4.79 Å². The zero-order valence-electron chi connectivity index (χ0n) is 8.68. The van der Waals surface area contributed by atoms with Gasteiger partial charge in [-0.15, -0.1) is 11.8 Å². The van der Waals surface area contributed by atoms with Crippen LogP contribution in [-0.4, -0.2) is 11.0 Å². The van der Waals surface area contributed by atoms with Crippen LogP contribution in [0.2, 0.25) is 0 Å². The predicted octanol–water partition coefficient (Wildman–Crippen LogP) is 3.18. The number of allylic oxidation sites excluding steroid dienone is 3. The molecule has 0 aromatic heterocycles. The molecule has 2 atom stereocenters. The minimum Gasteiger partial charge on any atom is -0.294 e. The molecule has 1 nitrogen and oxygen atoms in total. The lowest BCUT2D eigenvalue weighted by atomic mass is 9.90. The van der Waals surface area contributed by atoms with E-state index in [4.69, 9.17) is 0 Å². The van der Waals surface area contributed by atoms with Crippen molar-refractivity contribution in [1.82, 2.24) is 0 Å². The number of carbonyl (C=O) groups is 1. The first-order chi connectivity index (χ1) is 5.95. The second kappa shape index (κ2) is 3.70. The summed E-state index contributed by atoms with van der Waals surface area (Å²) < 4.78 is 0. The van der Waals surface area contributed by atoms with Gasteiger partial charge < -0.3 is 0 Å². The fourth-order valence-electron chi connectivity index (χ4n) is 1.69. The molecule has 2 heteroatoms. The fraction of sp³-hybridized carbons (Fsp3) is 0.545. The van der Waals surface area contributed by atoms with Crippen molar-refractivity contribution in [2.45, 2.75) is 32.9 Å². The van der Waals surface area contributed by atoms with Crippen molar-refractivity contribution in [2.24, 2.45) is 5.92 Å². The summed E-state index contributed by atoms with van der Waals surface area (Å²) in [4.78, 5) is 13.1. The molecule has 0 aromatic carbocycles. The molecular formula is C11H16OS. The molecule has 0 spiro atoms. The van der Waals surface area contributed by atoms with Crippen LogP contribution in [-0.2, 0) is 4.79 Å². The standard InChI is InChI=1S/C11H16OS/c1-6(2)11(12)10-7(3)8(4)13-9(10)5/h9-10H,1H2,2-5H3/t9?,10-/m1/s1. The molecule has 0 fully saturated rings. The van der Waals surface area contributed by atoms with E-state index in [9.17, 15) is 4.79 Å². The summed E-state index contributed by atoms with van der Waals surface area (Å²) in [7, 11) is 0. The summed E-state index contributed by atoms with van der Waals surface area (Å²) >= 11 is 1.80. The molecule has 1 rings (SSSR count). The minimum absolute atomic E-state index is 0.0718. The monoisotopic (exact) mass is 196 g/mol. The molecule has 0 radical (unpaired) electrons. The molecule has 72 valence electrons. The number of carbonyl (C=O) groups excluding carboxylic acids is 1. The summed E-state index contributed by atoms with van der Waals surface area (Å²) in [5, 5.41) is 0.379. The Bertz CT molecular complexity index is 288. The Morgan fingerprint density at radius 2 is 2.00 bits per heavy atom. The van der Waals surface area contributed by atoms with Gasteiger partial charge in [0.15, 0.2) is 5.78 Å². The summed E-state index contributed by atoms with van der Waals surface area (Å²) in [5.41, 5.74) is 1.90. The lowest BCUT2D eigenvalue weighted by Gasteiger charge is -2.15. The summed E-state index contributed by atoms with van der Waals surface area (Å²) in [6, 6.07) is 0. The summed E-state index contributed by atoms with van der Waals surface area (Å²) in [6.45, 7) is 11.8. The molecule has 0 saturated heterocycles. The van der Waals surface area contributed by atoms with Gasteiger partial charge in [0, 0.05) is 5.25 Å². The van der Waals surface area contributed by atoms with Crippen LogP contribution in [0.25, 0.3) is 0 Å². The van der Waals surface area contributed by atoms with Crippen molar-refractivity contribution in [3.05, 3.63) is 22.6 Å². The van der Waals surface area contributed by atoms with Gasteiger partial charge in [0.1, 0.15) is 0 Å². The Hall–Kier alpha value is -0.500. The maximum absolute atomic E-state index is 11.8. The molecule has 0 bridgehead atoms. The molecule has 1 unspecified atom stereocenters. The first-order valence-corrected chi connectivity index (χ1v) is 5.37. The first-order valence-electron chi connectivity index (χ1n) is 4.49. The third-order valence-corrected chi connectivity index (χ3v) is 3.88. The van der Waals surface area contributed by atoms with Crippen LogP contribution < -0.4 is 0 Å². The predicted molar refractivity (Wildman–Crippen MR) is 58.7 cm³/mol. The van der Waals surface area contributed by atoms with Gasteiger partial charge in [-0.3, -0.25) is 4.79 Å². The summed E-state index contributed by atoms with van der Waals surface area (Å²) in [5.74, 6) is 0.275. The minimum atomic E-state index is 0.0718. The quantitative estimate of drug-likeness (QED) is 0.631. The van der Waals surface area contributed by atoms with Crippen molar-refractivity contribution >= 4 is 17.5 Å². The SMILES string of the molecule is C=C(C)C(=O)[C@@H]1C(C)=C(C)SC1C. The Labute approximate surface area is 84.3 Å². The molecule has 0 aliphatic carbocycles. The second-order valence-electron chi connectivity index (χ2n) is 3.68. The highest BCUT2D eigenvalue weighted by molar-refractivity contribution is 8.03. The normalized spacial score (nSPS) is 28.0. The van der Waals surface area contributed by atoms with Gasteiger partial charge in [-0.1, -0.05) is 19.1 Å². The van der Waals surface area contributed by atoms with Gasteiger partial charge in [-0.25, -0.2) is 0 Å². The van der Waals surface area contributed by atoms with Crippen LogP contribution in [0.3, 0.4) is 0 Å². The topological polar surface area (TPSA) is 17.1 Å². The molecule has 1 aliphatic heterocycles. The maximum Gasteiger partial charge on any atom is 0.166 e. The van der Waals surface area contributed by atoms with Crippen LogP contribution >= 0.6 is 11.8 Å². The highest BCUT2D eigenvalue weighted by atomic mass is 32.2. The number of ketones is 1. The molecule has 0 amide bonds. The fourth-order valence-corrected chi connectivity index (χ4v) is 3.02. The van der Waals surface area contributed by atoms with Crippen molar-refractivity contribution in [2.75, 3.05) is 0 Å². The van der Waals surface area contributed by atoms with Crippen LogP contribution in [0.4, 0.5) is 0 Å². The average Bonchev–Trinajstić information content (AvgIpc) is 2.26. The second-order valence-corrected chi connectivity index (χ2v) is 5.28. The van der Waals surface area contributed by atoms with E-state index in [0.29, 0.717) is 10.8 Å². The smallest absolute Gasteiger partial charge is 0.166 e. The Balaban J connectivity index is 2.93. The van der Waals surface area contributed by atoms with Crippen LogP contribution in [0, 0.1) is 5.92 Å². The Kier molecular flexibility index (Phi) is 3.01. The highest BCUT2D eigenvalue weighted by Crippen LogP contribution is 2.42. The Morgan fingerprint density at radius 3 is 2.31 bits per heavy atom. The lowest BCUT2D eigenvalue weighted by Crippen LogP contribution is -2.22. The number of Topliss-reactive ketones (excluding diaryl/α,β-unsaturated/α-hetero) is 1. The number of thioether (sulfide) groups is 1. The number of hydrogen-bond donors (Lipinski definition) is 0. The molecular weight excluding hydrogens is 180 g/mol. The van der Waals surface area contributed by atoms with E-state index in [-0.39, 0.29) is 11.7 Å². The molecule has 13 heavy (non-hydrogen) atoms. The van der Waals surface area contributed by atoms with Gasteiger partial charge in [-0.2, -0.15) is 0 Å². The van der Waals surface area contributed by atoms with E-state index in [2.05, 4.69) is 27.4 Å². The molecule has 0 saturated carbocycles. The van der Waals surface area contributed by atoms with E-state index in [1.165, 1.54) is 10.5 Å². The van der Waals surface area contributed by atoms with Crippen molar-refractivity contribution in [3.8, 4) is 0 Å². The van der Waals surface area contributed by atoms with Gasteiger partial charge in [-0.05, 0) is 31.2 Å². The van der Waals surface area contributed by atoms with E-state index in [1.54, 1.807) is 18.7 Å². The van der Waals surface area contributed by atoms with Crippen LogP contribution in [0.5, 0.6) is 0 Å². The average molecular weight is 196 g/mol. The third kappa shape index (κ3) is 1.88. The van der Waals surface area contributed by atoms with E-state index < -0.39 is 0 Å².